The predicted octanol–water partition coefficient (Wildman–Crippen LogP) is 2.97. The molecule has 0 saturated heterocycles. The Hall–Kier alpha value is -1.32. The number of esters is 2. The van der Waals surface area contributed by atoms with Crippen LogP contribution in [0.3, 0.4) is 0 Å². The highest BCUT2D eigenvalue weighted by molar-refractivity contribution is 5.81. The molecule has 0 aromatic heterocycles. The SMILES string of the molecule is C=CC(=O)OCC(C)(C)C(OC(=O)C(C)C)C(C)C. The molecular formula is C15H26O4. The molecule has 0 radical (unpaired) electrons. The highest BCUT2D eigenvalue weighted by atomic mass is 16.6. The Morgan fingerprint density at radius 1 is 1.21 bits per heavy atom. The van der Waals surface area contributed by atoms with Gasteiger partial charge < -0.3 is 9.47 Å². The van der Waals surface area contributed by atoms with E-state index in [1.165, 1.54) is 0 Å². The first kappa shape index (κ1) is 17.7. The minimum Gasteiger partial charge on any atom is -0.462 e. The first-order valence-corrected chi connectivity index (χ1v) is 6.61. The number of rotatable bonds is 7. The van der Waals surface area contributed by atoms with Crippen LogP contribution in [-0.4, -0.2) is 24.6 Å². The Balaban J connectivity index is 4.79. The van der Waals surface area contributed by atoms with Gasteiger partial charge in [-0.25, -0.2) is 4.79 Å². The van der Waals surface area contributed by atoms with Crippen LogP contribution in [0.1, 0.15) is 41.5 Å². The van der Waals surface area contributed by atoms with Crippen molar-refractivity contribution in [3.05, 3.63) is 12.7 Å². The maximum Gasteiger partial charge on any atom is 0.330 e. The summed E-state index contributed by atoms with van der Waals surface area (Å²) in [4.78, 5) is 22.9. The van der Waals surface area contributed by atoms with Crippen LogP contribution in [0.5, 0.6) is 0 Å². The van der Waals surface area contributed by atoms with E-state index in [4.69, 9.17) is 9.47 Å². The van der Waals surface area contributed by atoms with Gasteiger partial charge in [0, 0.05) is 11.5 Å². The summed E-state index contributed by atoms with van der Waals surface area (Å²) in [6.07, 6.45) is 0.820. The monoisotopic (exact) mass is 270 g/mol. The molecule has 0 bridgehead atoms. The summed E-state index contributed by atoms with van der Waals surface area (Å²) in [7, 11) is 0. The number of hydrogen-bond acceptors (Lipinski definition) is 4. The zero-order valence-corrected chi connectivity index (χ0v) is 12.9. The van der Waals surface area contributed by atoms with Crippen molar-refractivity contribution in [1.82, 2.24) is 0 Å². The number of carbonyl (C=O) groups is 2. The molecule has 1 unspecified atom stereocenters. The number of ether oxygens (including phenoxy) is 2. The molecule has 1 atom stereocenters. The lowest BCUT2D eigenvalue weighted by Crippen LogP contribution is -2.42. The fourth-order valence-electron chi connectivity index (χ4n) is 1.86. The van der Waals surface area contributed by atoms with Crippen molar-refractivity contribution in [2.45, 2.75) is 47.6 Å². The largest absolute Gasteiger partial charge is 0.462 e. The Morgan fingerprint density at radius 3 is 2.11 bits per heavy atom. The minimum absolute atomic E-state index is 0.139. The average molecular weight is 270 g/mol. The van der Waals surface area contributed by atoms with Crippen LogP contribution in [0.15, 0.2) is 12.7 Å². The van der Waals surface area contributed by atoms with Gasteiger partial charge in [-0.2, -0.15) is 0 Å². The van der Waals surface area contributed by atoms with Crippen molar-refractivity contribution in [3.63, 3.8) is 0 Å². The molecular weight excluding hydrogens is 244 g/mol. The maximum atomic E-state index is 11.8. The third-order valence-electron chi connectivity index (χ3n) is 2.84. The Labute approximate surface area is 116 Å². The molecule has 4 heteroatoms. The van der Waals surface area contributed by atoms with E-state index >= 15 is 0 Å². The van der Waals surface area contributed by atoms with Gasteiger partial charge in [-0.3, -0.25) is 4.79 Å². The first-order valence-electron chi connectivity index (χ1n) is 6.61. The van der Waals surface area contributed by atoms with E-state index in [0.29, 0.717) is 0 Å². The second kappa shape index (κ2) is 7.31. The first-order chi connectivity index (χ1) is 8.61. The van der Waals surface area contributed by atoms with Gasteiger partial charge in [0.25, 0.3) is 0 Å². The Kier molecular flexibility index (Phi) is 6.81. The van der Waals surface area contributed by atoms with Crippen molar-refractivity contribution < 1.29 is 19.1 Å². The van der Waals surface area contributed by atoms with Gasteiger partial charge >= 0.3 is 11.9 Å². The van der Waals surface area contributed by atoms with Crippen LogP contribution in [0.4, 0.5) is 0 Å². The highest BCUT2D eigenvalue weighted by Gasteiger charge is 2.36. The van der Waals surface area contributed by atoms with E-state index in [2.05, 4.69) is 6.58 Å². The van der Waals surface area contributed by atoms with E-state index in [-0.39, 0.29) is 30.5 Å². The summed E-state index contributed by atoms with van der Waals surface area (Å²) in [6, 6.07) is 0. The van der Waals surface area contributed by atoms with Gasteiger partial charge in [0.2, 0.25) is 0 Å². The quantitative estimate of drug-likeness (QED) is 0.527. The van der Waals surface area contributed by atoms with Crippen molar-refractivity contribution in [2.75, 3.05) is 6.61 Å². The molecule has 110 valence electrons. The molecule has 0 saturated carbocycles. The second-order valence-corrected chi connectivity index (χ2v) is 6.06. The smallest absolute Gasteiger partial charge is 0.330 e. The zero-order chi connectivity index (χ0) is 15.2. The average Bonchev–Trinajstić information content (AvgIpc) is 2.31. The molecule has 0 fully saturated rings. The minimum atomic E-state index is -0.467. The van der Waals surface area contributed by atoms with Gasteiger partial charge in [-0.05, 0) is 5.92 Å². The summed E-state index contributed by atoms with van der Waals surface area (Å²) < 4.78 is 10.6. The van der Waals surface area contributed by atoms with Crippen molar-refractivity contribution >= 4 is 11.9 Å². The zero-order valence-electron chi connectivity index (χ0n) is 12.9. The van der Waals surface area contributed by atoms with Crippen LogP contribution in [0, 0.1) is 17.3 Å². The Morgan fingerprint density at radius 2 is 1.74 bits per heavy atom. The highest BCUT2D eigenvalue weighted by Crippen LogP contribution is 2.30. The lowest BCUT2D eigenvalue weighted by molar-refractivity contribution is -0.167. The fraction of sp³-hybridized carbons (Fsp3) is 0.733. The lowest BCUT2D eigenvalue weighted by Gasteiger charge is -2.36. The van der Waals surface area contributed by atoms with Crippen LogP contribution in [0.25, 0.3) is 0 Å². The van der Waals surface area contributed by atoms with E-state index < -0.39 is 11.4 Å². The normalized spacial score (nSPS) is 13.3. The second-order valence-electron chi connectivity index (χ2n) is 6.06. The topological polar surface area (TPSA) is 52.6 Å². The predicted molar refractivity (Wildman–Crippen MR) is 74.5 cm³/mol. The molecule has 0 N–H and O–H groups in total. The van der Waals surface area contributed by atoms with Gasteiger partial charge in [0.1, 0.15) is 12.7 Å². The van der Waals surface area contributed by atoms with Crippen LogP contribution >= 0.6 is 0 Å². The van der Waals surface area contributed by atoms with Crippen LogP contribution in [-0.2, 0) is 19.1 Å². The van der Waals surface area contributed by atoms with E-state index in [1.54, 1.807) is 13.8 Å². The molecule has 0 rings (SSSR count). The van der Waals surface area contributed by atoms with Gasteiger partial charge in [-0.1, -0.05) is 48.1 Å². The molecule has 0 aliphatic carbocycles. The van der Waals surface area contributed by atoms with Crippen molar-refractivity contribution in [1.29, 1.82) is 0 Å². The summed E-state index contributed by atoms with van der Waals surface area (Å²) in [5.74, 6) is -0.736. The molecule has 0 aliphatic rings. The Bertz CT molecular complexity index is 329. The van der Waals surface area contributed by atoms with Crippen LogP contribution in [0.2, 0.25) is 0 Å². The molecule has 0 heterocycles. The van der Waals surface area contributed by atoms with E-state index in [0.717, 1.165) is 6.08 Å². The van der Waals surface area contributed by atoms with Crippen molar-refractivity contribution in [3.8, 4) is 0 Å². The summed E-state index contributed by atoms with van der Waals surface area (Å²) in [6.45, 7) is 14.9. The van der Waals surface area contributed by atoms with Crippen LogP contribution < -0.4 is 0 Å². The summed E-state index contributed by atoms with van der Waals surface area (Å²) in [5, 5.41) is 0. The standard InChI is InChI=1S/C15H26O4/c1-8-12(16)18-9-15(6,7)13(10(2)3)19-14(17)11(4)5/h8,10-11,13H,1,9H2,2-7H3. The molecule has 0 aliphatic heterocycles. The molecule has 0 amide bonds. The third kappa shape index (κ3) is 5.90. The van der Waals surface area contributed by atoms with E-state index in [1.807, 2.05) is 27.7 Å². The molecule has 4 nitrogen and oxygen atoms in total. The number of carbonyl (C=O) groups excluding carboxylic acids is 2. The summed E-state index contributed by atoms with van der Waals surface area (Å²) in [5.41, 5.74) is -0.447. The van der Waals surface area contributed by atoms with Gasteiger partial charge in [0.05, 0.1) is 5.92 Å². The van der Waals surface area contributed by atoms with Gasteiger partial charge in [0.15, 0.2) is 0 Å². The summed E-state index contributed by atoms with van der Waals surface area (Å²) >= 11 is 0. The number of hydrogen-bond donors (Lipinski definition) is 0. The third-order valence-corrected chi connectivity index (χ3v) is 2.84. The van der Waals surface area contributed by atoms with Gasteiger partial charge in [-0.15, -0.1) is 0 Å². The molecule has 0 spiro atoms. The fourth-order valence-corrected chi connectivity index (χ4v) is 1.86. The molecule has 0 aromatic carbocycles. The lowest BCUT2D eigenvalue weighted by atomic mass is 9.81. The molecule has 0 aromatic rings. The van der Waals surface area contributed by atoms with E-state index in [9.17, 15) is 9.59 Å². The maximum absolute atomic E-state index is 11.8. The van der Waals surface area contributed by atoms with Crippen molar-refractivity contribution in [2.24, 2.45) is 17.3 Å². The molecule has 19 heavy (non-hydrogen) atoms.